The highest BCUT2D eigenvalue weighted by atomic mass is 16.8. The lowest BCUT2D eigenvalue weighted by Crippen LogP contribution is -2.66. The predicted octanol–water partition coefficient (Wildman–Crippen LogP) is -4.93. The second-order valence-corrected chi connectivity index (χ2v) is 9.28. The van der Waals surface area contributed by atoms with Crippen molar-refractivity contribution < 1.29 is 78.8 Å². The van der Waals surface area contributed by atoms with Crippen LogP contribution in [0.15, 0.2) is 0 Å². The highest BCUT2D eigenvalue weighted by Gasteiger charge is 2.56. The van der Waals surface area contributed by atoms with E-state index < -0.39 is 105 Å². The molecular weight excluding hydrogens is 520 g/mol. The van der Waals surface area contributed by atoms with E-state index in [1.807, 2.05) is 6.92 Å². The van der Waals surface area contributed by atoms with Crippen LogP contribution in [0.2, 0.25) is 0 Å². The molecule has 8 N–H and O–H groups in total. The van der Waals surface area contributed by atoms with Crippen LogP contribution in [-0.4, -0.2) is 160 Å². The van der Waals surface area contributed by atoms with Crippen molar-refractivity contribution in [3.63, 3.8) is 0 Å². The zero-order valence-corrected chi connectivity index (χ0v) is 21.0. The Morgan fingerprint density at radius 3 is 1.76 bits per heavy atom. The van der Waals surface area contributed by atoms with E-state index in [1.165, 1.54) is 7.11 Å². The number of unbranched alkanes of at least 4 members (excludes halogenated alkanes) is 1. The summed E-state index contributed by atoms with van der Waals surface area (Å²) in [7, 11) is 1.18. The van der Waals surface area contributed by atoms with Crippen LogP contribution < -0.4 is 0 Å². The van der Waals surface area contributed by atoms with Gasteiger partial charge in [0, 0.05) is 7.11 Å². The Bertz CT molecular complexity index is 740. The van der Waals surface area contributed by atoms with Gasteiger partial charge in [0.15, 0.2) is 25.0 Å². The molecule has 0 saturated carbocycles. The Morgan fingerprint density at radius 1 is 0.711 bits per heavy atom. The maximum Gasteiger partial charge on any atom is 0.338 e. The van der Waals surface area contributed by atoms with E-state index in [2.05, 4.69) is 0 Å². The molecule has 38 heavy (non-hydrogen) atoms. The van der Waals surface area contributed by atoms with Gasteiger partial charge in [-0.3, -0.25) is 0 Å². The van der Waals surface area contributed by atoms with E-state index in [0.717, 1.165) is 6.42 Å². The smallest absolute Gasteiger partial charge is 0.338 e. The van der Waals surface area contributed by atoms with Crippen molar-refractivity contribution in [2.75, 3.05) is 26.9 Å². The van der Waals surface area contributed by atoms with Crippen LogP contribution in [-0.2, 0) is 38.0 Å². The number of rotatable bonds is 11. The normalized spacial score (nSPS) is 45.7. The van der Waals surface area contributed by atoms with Crippen molar-refractivity contribution in [1.82, 2.24) is 0 Å². The van der Waals surface area contributed by atoms with Crippen molar-refractivity contribution in [3.05, 3.63) is 0 Å². The Morgan fingerprint density at radius 2 is 1.24 bits per heavy atom. The van der Waals surface area contributed by atoms with Gasteiger partial charge in [-0.05, 0) is 6.42 Å². The molecule has 3 rings (SSSR count). The van der Waals surface area contributed by atoms with Gasteiger partial charge in [-0.1, -0.05) is 13.3 Å². The SMILES string of the molecule is CCCCOC(=O)C1O[C@@H](OC)C(O[C@@H]2OC(CO)[C@H](O)[C@@H](O)C2O)[C@H](O[C@@H]2O[C@@H](CO)[C@@H](O)C2O)[C@@H]1O. The van der Waals surface area contributed by atoms with Gasteiger partial charge in [0.1, 0.15) is 61.0 Å². The lowest BCUT2D eigenvalue weighted by molar-refractivity contribution is -0.374. The van der Waals surface area contributed by atoms with Crippen LogP contribution in [0.3, 0.4) is 0 Å². The van der Waals surface area contributed by atoms with Crippen molar-refractivity contribution in [2.24, 2.45) is 0 Å². The molecule has 16 nitrogen and oxygen atoms in total. The molecule has 0 radical (unpaired) electrons. The van der Waals surface area contributed by atoms with Gasteiger partial charge < -0.3 is 74.0 Å². The second-order valence-electron chi connectivity index (χ2n) is 9.28. The molecule has 0 aliphatic carbocycles. The lowest BCUT2D eigenvalue weighted by Gasteiger charge is -2.47. The molecule has 0 amide bonds. The van der Waals surface area contributed by atoms with Crippen LogP contribution in [0.25, 0.3) is 0 Å². The minimum Gasteiger partial charge on any atom is -0.464 e. The molecule has 5 unspecified atom stereocenters. The predicted molar refractivity (Wildman–Crippen MR) is 119 cm³/mol. The van der Waals surface area contributed by atoms with Crippen molar-refractivity contribution in [2.45, 2.75) is 106 Å². The van der Waals surface area contributed by atoms with E-state index in [1.54, 1.807) is 0 Å². The second kappa shape index (κ2) is 14.0. The topological polar surface area (TPSA) is 244 Å². The summed E-state index contributed by atoms with van der Waals surface area (Å²) in [4.78, 5) is 12.7. The number of methoxy groups -OCH3 is 1. The number of esters is 1. The highest BCUT2D eigenvalue weighted by Crippen LogP contribution is 2.34. The fourth-order valence-corrected chi connectivity index (χ4v) is 4.37. The van der Waals surface area contributed by atoms with E-state index in [0.29, 0.717) is 6.42 Å². The van der Waals surface area contributed by atoms with E-state index in [-0.39, 0.29) is 6.61 Å². The average molecular weight is 559 g/mol. The fraction of sp³-hybridized carbons (Fsp3) is 0.955. The van der Waals surface area contributed by atoms with E-state index >= 15 is 0 Å². The highest BCUT2D eigenvalue weighted by molar-refractivity contribution is 5.75. The maximum absolute atomic E-state index is 12.7. The van der Waals surface area contributed by atoms with Gasteiger partial charge >= 0.3 is 5.97 Å². The van der Waals surface area contributed by atoms with Gasteiger partial charge in [0.05, 0.1) is 19.8 Å². The first kappa shape index (κ1) is 31.4. The third-order valence-corrected chi connectivity index (χ3v) is 6.66. The Hall–Kier alpha value is -1.09. The summed E-state index contributed by atoms with van der Waals surface area (Å²) >= 11 is 0. The van der Waals surface area contributed by atoms with Gasteiger partial charge in [0.25, 0.3) is 0 Å². The lowest BCUT2D eigenvalue weighted by atomic mass is 9.96. The Balaban J connectivity index is 1.87. The third-order valence-electron chi connectivity index (χ3n) is 6.66. The molecule has 0 spiro atoms. The summed E-state index contributed by atoms with van der Waals surface area (Å²) in [5, 5.41) is 81.0. The van der Waals surface area contributed by atoms with Crippen LogP contribution in [0, 0.1) is 0 Å². The largest absolute Gasteiger partial charge is 0.464 e. The van der Waals surface area contributed by atoms with Gasteiger partial charge in [-0.2, -0.15) is 0 Å². The molecule has 16 heteroatoms. The standard InChI is InChI=1S/C22H38O16/c1-3-4-5-33-19(31)17-15(30)16(36-20-13(28)11(26)9(7-24)35-20)18(22(32-2)37-17)38-21-14(29)12(27)10(25)8(6-23)34-21/h8-18,20-30H,3-7H2,1-2H3/t8?,9-,10-,11+,12+,13?,14?,15-,16+,17?,18?,20-,21-,22+/m0/s1. The first-order chi connectivity index (χ1) is 18.1. The van der Waals surface area contributed by atoms with Crippen molar-refractivity contribution in [1.29, 1.82) is 0 Å². The first-order valence-corrected chi connectivity index (χ1v) is 12.4. The molecule has 0 bridgehead atoms. The zero-order valence-electron chi connectivity index (χ0n) is 21.0. The van der Waals surface area contributed by atoms with Gasteiger partial charge in [-0.25, -0.2) is 4.79 Å². The minimum atomic E-state index is -1.84. The molecule has 3 saturated heterocycles. The number of aliphatic hydroxyl groups excluding tert-OH is 8. The monoisotopic (exact) mass is 558 g/mol. The maximum atomic E-state index is 12.7. The molecule has 3 aliphatic heterocycles. The number of ether oxygens (including phenoxy) is 7. The number of carbonyl (C=O) groups excluding carboxylic acids is 1. The molecule has 3 fully saturated rings. The molecular formula is C22H38O16. The first-order valence-electron chi connectivity index (χ1n) is 12.4. The van der Waals surface area contributed by atoms with E-state index in [9.17, 15) is 45.6 Å². The van der Waals surface area contributed by atoms with Crippen molar-refractivity contribution >= 4 is 5.97 Å². The van der Waals surface area contributed by atoms with E-state index in [4.69, 9.17) is 33.2 Å². The quantitative estimate of drug-likeness (QED) is 0.0874. The number of carbonyl (C=O) groups is 1. The fourth-order valence-electron chi connectivity index (χ4n) is 4.37. The Labute approximate surface area is 218 Å². The summed E-state index contributed by atoms with van der Waals surface area (Å²) in [5.74, 6) is -0.950. The van der Waals surface area contributed by atoms with Crippen LogP contribution >= 0.6 is 0 Å². The average Bonchev–Trinajstić information content (AvgIpc) is 3.18. The molecule has 3 aliphatic rings. The minimum absolute atomic E-state index is 0.0463. The molecule has 222 valence electrons. The third kappa shape index (κ3) is 6.61. The molecule has 0 aromatic rings. The molecule has 14 atom stereocenters. The summed E-state index contributed by atoms with van der Waals surface area (Å²) < 4.78 is 38.2. The molecule has 0 aromatic heterocycles. The van der Waals surface area contributed by atoms with Gasteiger partial charge in [0.2, 0.25) is 0 Å². The summed E-state index contributed by atoms with van der Waals surface area (Å²) in [6, 6.07) is 0. The summed E-state index contributed by atoms with van der Waals surface area (Å²) in [5.41, 5.74) is 0. The Kier molecular flexibility index (Phi) is 11.6. The number of aliphatic hydroxyl groups is 8. The van der Waals surface area contributed by atoms with Crippen LogP contribution in [0.5, 0.6) is 0 Å². The van der Waals surface area contributed by atoms with Crippen LogP contribution in [0.4, 0.5) is 0 Å². The molecule has 3 heterocycles. The number of hydrogen-bond acceptors (Lipinski definition) is 16. The van der Waals surface area contributed by atoms with Crippen molar-refractivity contribution in [3.8, 4) is 0 Å². The van der Waals surface area contributed by atoms with Crippen LogP contribution in [0.1, 0.15) is 19.8 Å². The summed E-state index contributed by atoms with van der Waals surface area (Å²) in [6.45, 7) is 0.528. The zero-order chi connectivity index (χ0) is 28.1. The number of hydrogen-bond donors (Lipinski definition) is 8. The summed E-state index contributed by atoms with van der Waals surface area (Å²) in [6.07, 6.45) is -21.3. The molecule has 0 aromatic carbocycles. The van der Waals surface area contributed by atoms with Gasteiger partial charge in [-0.15, -0.1) is 0 Å².